The highest BCUT2D eigenvalue weighted by molar-refractivity contribution is 6.52. The van der Waals surface area contributed by atoms with E-state index in [-0.39, 0.29) is 43.8 Å². The van der Waals surface area contributed by atoms with Crippen molar-refractivity contribution in [2.75, 3.05) is 0 Å². The number of carbonyl (C=O) groups is 2. The molecule has 0 heterocycles. The summed E-state index contributed by atoms with van der Waals surface area (Å²) >= 11 is 23.4. The van der Waals surface area contributed by atoms with Gasteiger partial charge < -0.3 is 0 Å². The SMILES string of the molecule is CC(C)C(=O)CC(=O)c1cc(Cl)c(Cl)c(Cl)c1Cl. The maximum Gasteiger partial charge on any atom is 0.171 e. The number of rotatable bonds is 4. The van der Waals surface area contributed by atoms with Crippen LogP contribution in [-0.2, 0) is 4.79 Å². The Morgan fingerprint density at radius 1 is 1.06 bits per heavy atom. The van der Waals surface area contributed by atoms with Crippen LogP contribution in [0.5, 0.6) is 0 Å². The second-order valence-electron chi connectivity index (χ2n) is 4.07. The first kappa shape index (κ1) is 15.8. The fourth-order valence-corrected chi connectivity index (χ4v) is 2.14. The molecule has 0 spiro atoms. The van der Waals surface area contributed by atoms with Crippen molar-refractivity contribution in [3.8, 4) is 0 Å². The minimum Gasteiger partial charge on any atom is -0.299 e. The van der Waals surface area contributed by atoms with Crippen LogP contribution >= 0.6 is 46.4 Å². The minimum absolute atomic E-state index is 0.0196. The van der Waals surface area contributed by atoms with E-state index in [1.54, 1.807) is 13.8 Å². The molecule has 0 atom stereocenters. The minimum atomic E-state index is -0.417. The maximum atomic E-state index is 11.9. The van der Waals surface area contributed by atoms with Crippen molar-refractivity contribution in [3.05, 3.63) is 31.7 Å². The topological polar surface area (TPSA) is 34.1 Å². The summed E-state index contributed by atoms with van der Waals surface area (Å²) in [4.78, 5) is 23.4. The van der Waals surface area contributed by atoms with Gasteiger partial charge in [-0.2, -0.15) is 0 Å². The largest absolute Gasteiger partial charge is 0.299 e. The van der Waals surface area contributed by atoms with Crippen molar-refractivity contribution in [3.63, 3.8) is 0 Å². The van der Waals surface area contributed by atoms with Crippen LogP contribution in [0, 0.1) is 5.92 Å². The Morgan fingerprint density at radius 3 is 2.11 bits per heavy atom. The Kier molecular flexibility index (Phi) is 5.47. The third-order valence-corrected chi connectivity index (χ3v) is 4.13. The first-order valence-electron chi connectivity index (χ1n) is 5.14. The molecule has 1 aromatic carbocycles. The molecule has 98 valence electrons. The third-order valence-electron chi connectivity index (χ3n) is 2.38. The summed E-state index contributed by atoms with van der Waals surface area (Å²) < 4.78 is 0. The molecule has 6 heteroatoms. The van der Waals surface area contributed by atoms with Gasteiger partial charge in [0.25, 0.3) is 0 Å². The van der Waals surface area contributed by atoms with E-state index >= 15 is 0 Å². The van der Waals surface area contributed by atoms with Gasteiger partial charge in [0.1, 0.15) is 5.78 Å². The lowest BCUT2D eigenvalue weighted by molar-refractivity contribution is -0.121. The van der Waals surface area contributed by atoms with Crippen LogP contribution in [0.3, 0.4) is 0 Å². The Morgan fingerprint density at radius 2 is 1.61 bits per heavy atom. The zero-order valence-corrected chi connectivity index (χ0v) is 12.7. The lowest BCUT2D eigenvalue weighted by Crippen LogP contribution is -2.13. The van der Waals surface area contributed by atoms with Crippen LogP contribution in [0.25, 0.3) is 0 Å². The summed E-state index contributed by atoms with van der Waals surface area (Å²) in [6.45, 7) is 3.44. The van der Waals surface area contributed by atoms with E-state index in [0.29, 0.717) is 0 Å². The molecular formula is C12H10Cl4O2. The first-order chi connectivity index (χ1) is 8.25. The summed E-state index contributed by atoms with van der Waals surface area (Å²) in [5.74, 6) is -0.802. The molecule has 1 aromatic rings. The number of benzene rings is 1. The highest BCUT2D eigenvalue weighted by Crippen LogP contribution is 2.38. The molecule has 0 saturated carbocycles. The number of halogens is 4. The van der Waals surface area contributed by atoms with Gasteiger partial charge in [0.05, 0.1) is 26.5 Å². The summed E-state index contributed by atoms with van der Waals surface area (Å²) in [6.07, 6.45) is -0.230. The lowest BCUT2D eigenvalue weighted by atomic mass is 10.00. The summed E-state index contributed by atoms with van der Waals surface area (Å²) in [5.41, 5.74) is 0.116. The predicted molar refractivity (Wildman–Crippen MR) is 75.3 cm³/mol. The fraction of sp³-hybridized carbons (Fsp3) is 0.333. The molecule has 0 aliphatic carbocycles. The van der Waals surface area contributed by atoms with Gasteiger partial charge in [-0.1, -0.05) is 60.3 Å². The number of ketones is 2. The molecule has 0 unspecified atom stereocenters. The van der Waals surface area contributed by atoms with Crippen LogP contribution in [0.1, 0.15) is 30.6 Å². The fourth-order valence-electron chi connectivity index (χ4n) is 1.23. The monoisotopic (exact) mass is 326 g/mol. The molecule has 0 bridgehead atoms. The van der Waals surface area contributed by atoms with Gasteiger partial charge in [0.2, 0.25) is 0 Å². The zero-order valence-electron chi connectivity index (χ0n) is 9.69. The second-order valence-corrected chi connectivity index (χ2v) is 5.61. The van der Waals surface area contributed by atoms with Gasteiger partial charge in [-0.3, -0.25) is 9.59 Å². The number of Topliss-reactive ketones (excluding diaryl/α,β-unsaturated/α-hetero) is 2. The number of hydrogen-bond donors (Lipinski definition) is 0. The summed E-state index contributed by atoms with van der Waals surface area (Å²) in [6, 6.07) is 1.33. The quantitative estimate of drug-likeness (QED) is 0.334. The summed E-state index contributed by atoms with van der Waals surface area (Å²) in [5, 5.41) is 0.264. The van der Waals surface area contributed by atoms with Gasteiger partial charge in [-0.15, -0.1) is 0 Å². The Bertz CT molecular complexity index is 509. The molecule has 0 aromatic heterocycles. The van der Waals surface area contributed by atoms with Gasteiger partial charge in [0, 0.05) is 11.5 Å². The molecule has 0 amide bonds. The first-order valence-corrected chi connectivity index (χ1v) is 6.65. The van der Waals surface area contributed by atoms with E-state index < -0.39 is 5.78 Å². The Labute approximate surface area is 125 Å². The predicted octanol–water partition coefficient (Wildman–Crippen LogP) is 5.10. The van der Waals surface area contributed by atoms with Crippen molar-refractivity contribution < 1.29 is 9.59 Å². The van der Waals surface area contributed by atoms with Gasteiger partial charge in [0.15, 0.2) is 5.78 Å². The van der Waals surface area contributed by atoms with Crippen LogP contribution in [0.2, 0.25) is 20.1 Å². The molecule has 0 radical (unpaired) electrons. The summed E-state index contributed by atoms with van der Waals surface area (Å²) in [7, 11) is 0. The molecule has 18 heavy (non-hydrogen) atoms. The van der Waals surface area contributed by atoms with Crippen LogP contribution in [-0.4, -0.2) is 11.6 Å². The van der Waals surface area contributed by atoms with Crippen molar-refractivity contribution in [1.82, 2.24) is 0 Å². The normalized spacial score (nSPS) is 10.8. The van der Waals surface area contributed by atoms with Gasteiger partial charge in [-0.05, 0) is 6.07 Å². The second kappa shape index (κ2) is 6.25. The molecule has 0 N–H and O–H groups in total. The molecule has 1 rings (SSSR count). The number of carbonyl (C=O) groups excluding carboxylic acids is 2. The Balaban J connectivity index is 3.11. The average molecular weight is 328 g/mol. The Hall–Kier alpha value is -0.280. The van der Waals surface area contributed by atoms with E-state index in [9.17, 15) is 9.59 Å². The van der Waals surface area contributed by atoms with Crippen molar-refractivity contribution in [1.29, 1.82) is 0 Å². The van der Waals surface area contributed by atoms with E-state index in [2.05, 4.69) is 0 Å². The maximum absolute atomic E-state index is 11.9. The van der Waals surface area contributed by atoms with E-state index in [4.69, 9.17) is 46.4 Å². The number of hydrogen-bond acceptors (Lipinski definition) is 2. The van der Waals surface area contributed by atoms with Crippen molar-refractivity contribution >= 4 is 58.0 Å². The molecule has 0 aliphatic heterocycles. The molecule has 0 fully saturated rings. The molecule has 2 nitrogen and oxygen atoms in total. The van der Waals surface area contributed by atoms with E-state index in [1.165, 1.54) is 6.07 Å². The standard InChI is InChI=1S/C12H10Cl4O2/c1-5(2)8(17)4-9(18)6-3-7(13)11(15)12(16)10(6)14/h3,5H,4H2,1-2H3. The van der Waals surface area contributed by atoms with Crippen LogP contribution in [0.15, 0.2) is 6.07 Å². The third kappa shape index (κ3) is 3.39. The molecule has 0 aliphatic rings. The van der Waals surface area contributed by atoms with E-state index in [0.717, 1.165) is 0 Å². The van der Waals surface area contributed by atoms with Crippen LogP contribution in [0.4, 0.5) is 0 Å². The zero-order chi connectivity index (χ0) is 14.0. The average Bonchev–Trinajstić information content (AvgIpc) is 2.30. The van der Waals surface area contributed by atoms with Gasteiger partial charge in [-0.25, -0.2) is 0 Å². The highest BCUT2D eigenvalue weighted by atomic mass is 35.5. The highest BCUT2D eigenvalue weighted by Gasteiger charge is 2.21. The molecular weight excluding hydrogens is 318 g/mol. The van der Waals surface area contributed by atoms with Crippen molar-refractivity contribution in [2.24, 2.45) is 5.92 Å². The van der Waals surface area contributed by atoms with Gasteiger partial charge >= 0.3 is 0 Å². The lowest BCUT2D eigenvalue weighted by Gasteiger charge is -2.09. The van der Waals surface area contributed by atoms with Crippen molar-refractivity contribution in [2.45, 2.75) is 20.3 Å². The molecule has 0 saturated heterocycles. The van der Waals surface area contributed by atoms with E-state index in [1.807, 2.05) is 0 Å². The van der Waals surface area contributed by atoms with Crippen LogP contribution < -0.4 is 0 Å². The smallest absolute Gasteiger partial charge is 0.171 e.